The van der Waals surface area contributed by atoms with Crippen LogP contribution in [0.5, 0.6) is 0 Å². The largest absolute Gasteiger partial charge is 4.00 e. The van der Waals surface area contributed by atoms with Gasteiger partial charge in [0.2, 0.25) is 0 Å². The summed E-state index contributed by atoms with van der Waals surface area (Å²) >= 11 is 0. The van der Waals surface area contributed by atoms with Gasteiger partial charge in [0, 0.05) is 5.41 Å². The normalized spacial score (nSPS) is 9.83. The molecule has 0 spiro atoms. The van der Waals surface area contributed by atoms with E-state index in [1.165, 1.54) is 27.8 Å². The monoisotopic (exact) mass is 474 g/mol. The van der Waals surface area contributed by atoms with E-state index in [4.69, 9.17) is 0 Å². The molecule has 0 amide bonds. The topological polar surface area (TPSA) is 0 Å². The predicted octanol–water partition coefficient (Wildman–Crippen LogP) is -2.56. The van der Waals surface area contributed by atoms with E-state index in [2.05, 4.69) is 116 Å². The molecule has 29 heavy (non-hydrogen) atoms. The van der Waals surface area contributed by atoms with E-state index in [0.717, 1.165) is 0 Å². The Balaban J connectivity index is 0.00000196. The molecule has 0 aliphatic rings. The van der Waals surface area contributed by atoms with Crippen LogP contribution in [0.1, 0.15) is 23.6 Å². The summed E-state index contributed by atoms with van der Waals surface area (Å²) < 4.78 is 0. The van der Waals surface area contributed by atoms with E-state index in [0.29, 0.717) is 0 Å². The van der Waals surface area contributed by atoms with Gasteiger partial charge in [-0.1, -0.05) is 103 Å². The van der Waals surface area contributed by atoms with Crippen LogP contribution in [0.15, 0.2) is 109 Å². The van der Waals surface area contributed by atoms with Crippen molar-refractivity contribution in [2.45, 2.75) is 12.3 Å². The van der Waals surface area contributed by atoms with Crippen molar-refractivity contribution in [3.8, 4) is 11.1 Å². The molecule has 0 saturated carbocycles. The van der Waals surface area contributed by atoms with Crippen LogP contribution in [-0.4, -0.2) is 0 Å². The van der Waals surface area contributed by atoms with Gasteiger partial charge in [-0.3, -0.25) is 0 Å². The van der Waals surface area contributed by atoms with Crippen LogP contribution >= 0.6 is 0 Å². The van der Waals surface area contributed by atoms with Gasteiger partial charge >= 0.3 is 21.7 Å². The van der Waals surface area contributed by atoms with Crippen molar-refractivity contribution in [3.63, 3.8) is 0 Å². The number of benzene rings is 3. The minimum absolute atomic E-state index is 0. The van der Waals surface area contributed by atoms with Gasteiger partial charge in [-0.15, -0.1) is 17.2 Å². The third kappa shape index (κ3) is 5.40. The molecule has 0 radical (unpaired) electrons. The van der Waals surface area contributed by atoms with Crippen LogP contribution < -0.4 is 37.2 Å². The third-order valence-corrected chi connectivity index (χ3v) is 5.14. The molecule has 146 valence electrons. The van der Waals surface area contributed by atoms with E-state index in [1.807, 2.05) is 0 Å². The first-order valence-electron chi connectivity index (χ1n) is 8.73. The Hall–Kier alpha value is -1.41. The second-order valence-corrected chi connectivity index (χ2v) is 6.58. The van der Waals surface area contributed by atoms with Crippen LogP contribution in [-0.2, 0) is 27.1 Å². The molecule has 0 aromatic heterocycles. The number of rotatable bonds is 4. The van der Waals surface area contributed by atoms with Gasteiger partial charge in [-0.2, -0.15) is 12.1 Å². The van der Waals surface area contributed by atoms with Gasteiger partial charge < -0.3 is 37.2 Å². The van der Waals surface area contributed by atoms with Crippen molar-refractivity contribution in [2.24, 2.45) is 0 Å². The Bertz CT molecular complexity index is 912. The first-order chi connectivity index (χ1) is 12.3. The quantitative estimate of drug-likeness (QED) is 0.225. The third-order valence-electron chi connectivity index (χ3n) is 5.14. The van der Waals surface area contributed by atoms with Crippen molar-refractivity contribution < 1.29 is 58.9 Å². The Labute approximate surface area is 207 Å². The second kappa shape index (κ2) is 12.3. The molecule has 0 fully saturated rings. The Morgan fingerprint density at radius 2 is 0.966 bits per heavy atom. The maximum Gasteiger partial charge on any atom is 4.00 e. The summed E-state index contributed by atoms with van der Waals surface area (Å²) in [6, 6.07) is 38.9. The van der Waals surface area contributed by atoms with Crippen LogP contribution in [0.2, 0.25) is 0 Å². The van der Waals surface area contributed by atoms with Crippen molar-refractivity contribution >= 4 is 0 Å². The number of hydrogen-bond acceptors (Lipinski definition) is 0. The number of hydrogen-bond donors (Lipinski definition) is 0. The van der Waals surface area contributed by atoms with Crippen molar-refractivity contribution in [1.82, 2.24) is 0 Å². The van der Waals surface area contributed by atoms with Gasteiger partial charge in [0.15, 0.2) is 0 Å². The Morgan fingerprint density at radius 3 is 1.41 bits per heavy atom. The zero-order valence-electron chi connectivity index (χ0n) is 16.0. The second-order valence-electron chi connectivity index (χ2n) is 6.58. The molecule has 0 aliphatic carbocycles. The Kier molecular flexibility index (Phi) is 11.7. The van der Waals surface area contributed by atoms with E-state index in [-0.39, 0.29) is 64.4 Å². The molecular formula is C25H21Cl3Ti. The molecule has 4 aromatic rings. The molecule has 0 saturated heterocycles. The van der Waals surface area contributed by atoms with Gasteiger partial charge in [0.1, 0.15) is 0 Å². The maximum atomic E-state index is 2.33. The molecule has 0 heterocycles. The summed E-state index contributed by atoms with van der Waals surface area (Å²) in [6.45, 7) is 2.33. The van der Waals surface area contributed by atoms with Crippen molar-refractivity contribution in [1.29, 1.82) is 0 Å². The smallest absolute Gasteiger partial charge is 1.00 e. The van der Waals surface area contributed by atoms with Gasteiger partial charge in [-0.25, -0.2) is 0 Å². The van der Waals surface area contributed by atoms with E-state index >= 15 is 0 Å². The summed E-state index contributed by atoms with van der Waals surface area (Å²) in [4.78, 5) is 0. The molecule has 0 atom stereocenters. The van der Waals surface area contributed by atoms with Crippen LogP contribution in [0, 0.1) is 0 Å². The SMILES string of the molecule is CC(c1ccccc1)(c1ccccc1)[c-]1cccc1-c1ccccc1.[Cl-].[Cl-].[Cl-].[Ti+4]. The fraction of sp³-hybridized carbons (Fsp3) is 0.0800. The van der Waals surface area contributed by atoms with Crippen LogP contribution in [0.4, 0.5) is 0 Å². The van der Waals surface area contributed by atoms with E-state index in [1.54, 1.807) is 0 Å². The molecule has 0 N–H and O–H groups in total. The van der Waals surface area contributed by atoms with Crippen molar-refractivity contribution in [2.75, 3.05) is 0 Å². The molecular weight excluding hydrogens is 455 g/mol. The summed E-state index contributed by atoms with van der Waals surface area (Å²) in [7, 11) is 0. The fourth-order valence-electron chi connectivity index (χ4n) is 3.75. The average Bonchev–Trinajstić information content (AvgIpc) is 3.20. The van der Waals surface area contributed by atoms with Gasteiger partial charge in [-0.05, 0) is 11.1 Å². The standard InChI is InChI=1S/C25H21.3ClH.Ti/c1-25(21-14-7-3-8-15-21,22-16-9-4-10-17-22)24-19-11-18-23(24)20-12-5-2-6-13-20;;;;/h2-19H,1H3;3*1H;/q-1;;;;+4/p-3. The summed E-state index contributed by atoms with van der Waals surface area (Å²) in [5, 5.41) is 0. The first-order valence-corrected chi connectivity index (χ1v) is 8.73. The van der Waals surface area contributed by atoms with Crippen molar-refractivity contribution in [3.05, 3.63) is 126 Å². The zero-order valence-corrected chi connectivity index (χ0v) is 19.9. The molecule has 4 aromatic carbocycles. The minimum atomic E-state index is -0.197. The zero-order chi connectivity index (χ0) is 17.1. The Morgan fingerprint density at radius 1 is 0.552 bits per heavy atom. The first kappa shape index (κ1) is 27.6. The minimum Gasteiger partial charge on any atom is -1.00 e. The van der Waals surface area contributed by atoms with Gasteiger partial charge in [0.05, 0.1) is 0 Å². The van der Waals surface area contributed by atoms with Crippen LogP contribution in [0.25, 0.3) is 11.1 Å². The molecule has 0 aliphatic heterocycles. The molecule has 0 bridgehead atoms. The summed E-state index contributed by atoms with van der Waals surface area (Å²) in [5.41, 5.74) is 6.33. The maximum absolute atomic E-state index is 2.33. The number of halogens is 3. The molecule has 4 heteroatoms. The average molecular weight is 476 g/mol. The van der Waals surface area contributed by atoms with Crippen LogP contribution in [0.3, 0.4) is 0 Å². The predicted molar refractivity (Wildman–Crippen MR) is 106 cm³/mol. The summed E-state index contributed by atoms with van der Waals surface area (Å²) in [5.74, 6) is 0. The van der Waals surface area contributed by atoms with Gasteiger partial charge in [0.25, 0.3) is 0 Å². The fourth-order valence-corrected chi connectivity index (χ4v) is 3.75. The molecule has 0 nitrogen and oxygen atoms in total. The molecule has 0 unspecified atom stereocenters. The molecule has 4 rings (SSSR count). The van der Waals surface area contributed by atoms with E-state index < -0.39 is 0 Å². The van der Waals surface area contributed by atoms with E-state index in [9.17, 15) is 0 Å². The summed E-state index contributed by atoms with van der Waals surface area (Å²) in [6.07, 6.45) is 0.